The van der Waals surface area contributed by atoms with Crippen LogP contribution in [0.25, 0.3) is 0 Å². The van der Waals surface area contributed by atoms with E-state index in [4.69, 9.17) is 9.16 Å². The lowest BCUT2D eigenvalue weighted by Crippen LogP contribution is -2.49. The summed E-state index contributed by atoms with van der Waals surface area (Å²) in [5.41, 5.74) is -0.623. The second-order valence-electron chi connectivity index (χ2n) is 12.3. The van der Waals surface area contributed by atoms with Crippen molar-refractivity contribution in [2.75, 3.05) is 0 Å². The van der Waals surface area contributed by atoms with Crippen LogP contribution in [0.3, 0.4) is 0 Å². The Hall–Kier alpha value is -2.81. The van der Waals surface area contributed by atoms with Crippen LogP contribution in [0.15, 0.2) is 72.5 Å². The first kappa shape index (κ1) is 32.7. The van der Waals surface area contributed by atoms with E-state index in [-0.39, 0.29) is 17.4 Å². The Morgan fingerprint density at radius 1 is 0.951 bits per heavy atom. The van der Waals surface area contributed by atoms with Crippen LogP contribution in [0.5, 0.6) is 0 Å². The van der Waals surface area contributed by atoms with Gasteiger partial charge >= 0.3 is 5.97 Å². The van der Waals surface area contributed by atoms with Crippen LogP contribution >= 0.6 is 0 Å². The van der Waals surface area contributed by atoms with Crippen LogP contribution in [0.2, 0.25) is 16.6 Å². The molecular weight excluding hydrogens is 534 g/mol. The van der Waals surface area contributed by atoms with E-state index in [1.165, 1.54) is 56.4 Å². The Morgan fingerprint density at radius 3 is 2.20 bits per heavy atom. The van der Waals surface area contributed by atoms with E-state index in [2.05, 4.69) is 52.9 Å². The lowest BCUT2D eigenvalue weighted by Gasteiger charge is -2.40. The number of hydrogen-bond acceptors (Lipinski definition) is 6. The van der Waals surface area contributed by atoms with Crippen LogP contribution in [0.1, 0.15) is 73.6 Å². The van der Waals surface area contributed by atoms with Crippen molar-refractivity contribution in [3.63, 3.8) is 0 Å². The molecule has 224 valence electrons. The van der Waals surface area contributed by atoms with Crippen LogP contribution in [0, 0.1) is 5.92 Å². The van der Waals surface area contributed by atoms with Gasteiger partial charge in [-0.3, -0.25) is 9.59 Å². The van der Waals surface area contributed by atoms with E-state index < -0.39 is 32.0 Å². The molecule has 0 unspecified atom stereocenters. The Labute approximate surface area is 246 Å². The molecule has 2 fully saturated rings. The van der Waals surface area contributed by atoms with Crippen molar-refractivity contribution < 1.29 is 28.7 Å². The number of nitrogens with one attached hydrogen (secondary N) is 1. The molecule has 1 aliphatic heterocycles. The van der Waals surface area contributed by atoms with Gasteiger partial charge in [-0.05, 0) is 47.5 Å². The van der Waals surface area contributed by atoms with Gasteiger partial charge in [-0.1, -0.05) is 103 Å². The molecule has 0 spiro atoms. The summed E-state index contributed by atoms with van der Waals surface area (Å²) in [6.45, 7) is 12.8. The highest BCUT2D eigenvalue weighted by molar-refractivity contribution is 6.79. The summed E-state index contributed by atoms with van der Waals surface area (Å²) >= 11 is 0. The number of hydrogen-bond donors (Lipinski definition) is 2. The highest BCUT2D eigenvalue weighted by Gasteiger charge is 2.59. The van der Waals surface area contributed by atoms with Crippen molar-refractivity contribution in [3.05, 3.63) is 72.5 Å². The molecule has 1 heterocycles. The third-order valence-corrected chi connectivity index (χ3v) is 14.4. The van der Waals surface area contributed by atoms with Gasteiger partial charge in [0.05, 0.1) is 5.70 Å². The summed E-state index contributed by atoms with van der Waals surface area (Å²) in [6.07, 6.45) is 22.5. The third-order valence-electron chi connectivity index (χ3n) is 8.41. The normalized spacial score (nSPS) is 25.9. The predicted octanol–water partition coefficient (Wildman–Crippen LogP) is 6.15. The largest absolute Gasteiger partial charge is 0.515 e. The number of aliphatic hydroxyl groups is 1. The molecule has 2 N–H and O–H groups in total. The number of fused-ring (bicyclic) bond motifs is 1. The summed E-state index contributed by atoms with van der Waals surface area (Å²) in [7, 11) is -2.30. The maximum atomic E-state index is 12.6. The minimum atomic E-state index is -2.30. The molecule has 1 saturated heterocycles. The minimum absolute atomic E-state index is 0.0153. The van der Waals surface area contributed by atoms with Crippen molar-refractivity contribution in [3.8, 4) is 0 Å². The number of ketones is 1. The first-order valence-electron chi connectivity index (χ1n) is 15.0. The van der Waals surface area contributed by atoms with Gasteiger partial charge < -0.3 is 19.6 Å². The molecule has 3 aliphatic rings. The van der Waals surface area contributed by atoms with Crippen molar-refractivity contribution in [2.45, 2.75) is 108 Å². The second-order valence-corrected chi connectivity index (χ2v) is 17.6. The lowest BCUT2D eigenvalue weighted by atomic mass is 9.88. The maximum absolute atomic E-state index is 12.6. The number of ether oxygens (including phenoxy) is 1. The quantitative estimate of drug-likeness (QED) is 0.124. The zero-order chi connectivity index (χ0) is 30.2. The van der Waals surface area contributed by atoms with Gasteiger partial charge in [-0.15, -0.1) is 0 Å². The molecule has 41 heavy (non-hydrogen) atoms. The average Bonchev–Trinajstić information content (AvgIpc) is 3.73. The topological polar surface area (TPSA) is 105 Å². The molecule has 0 aromatic heterocycles. The highest BCUT2D eigenvalue weighted by atomic mass is 28.4. The van der Waals surface area contributed by atoms with Crippen molar-refractivity contribution in [2.24, 2.45) is 5.92 Å². The minimum Gasteiger partial charge on any atom is -0.515 e. The fraction of sp³-hybridized carbons (Fsp3) is 0.545. The van der Waals surface area contributed by atoms with Gasteiger partial charge in [-0.25, -0.2) is 4.79 Å². The van der Waals surface area contributed by atoms with Crippen molar-refractivity contribution in [1.29, 1.82) is 0 Å². The Balaban J connectivity index is 1.57. The van der Waals surface area contributed by atoms with E-state index in [0.29, 0.717) is 22.5 Å². The van der Waals surface area contributed by atoms with Gasteiger partial charge in [-0.2, -0.15) is 0 Å². The highest BCUT2D eigenvalue weighted by Crippen LogP contribution is 2.42. The SMILES string of the molecule is CC(C)[Si](OC(=O)/C=C/C=C/C=C/[C@@]1(O)C=C(NC(=O)/C=C/C=C/C2CCCCC2)C(=O)[C@@H]2O[C@@H]21)(C(C)C)C(C)C. The Bertz CT molecular complexity index is 1120. The fourth-order valence-electron chi connectivity index (χ4n) is 6.34. The summed E-state index contributed by atoms with van der Waals surface area (Å²) in [5.74, 6) is -0.584. The van der Waals surface area contributed by atoms with Crippen LogP contribution in [0.4, 0.5) is 0 Å². The zero-order valence-electron chi connectivity index (χ0n) is 25.3. The van der Waals surface area contributed by atoms with Crippen molar-refractivity contribution in [1.82, 2.24) is 5.32 Å². The molecule has 3 rings (SSSR count). The number of allylic oxidation sites excluding steroid dienone is 7. The van der Waals surface area contributed by atoms with Gasteiger partial charge in [0.25, 0.3) is 8.32 Å². The Kier molecular flexibility index (Phi) is 11.5. The molecule has 0 bridgehead atoms. The van der Waals surface area contributed by atoms with Crippen LogP contribution in [-0.4, -0.2) is 48.9 Å². The summed E-state index contributed by atoms with van der Waals surface area (Å²) in [4.78, 5) is 37.6. The molecule has 0 aromatic rings. The molecular formula is C33H47NO6Si. The average molecular weight is 582 g/mol. The lowest BCUT2D eigenvalue weighted by molar-refractivity contribution is -0.130. The molecule has 0 aromatic carbocycles. The second kappa shape index (κ2) is 14.4. The van der Waals surface area contributed by atoms with Crippen molar-refractivity contribution >= 4 is 26.0 Å². The summed E-state index contributed by atoms with van der Waals surface area (Å²) in [6, 6.07) is 0. The maximum Gasteiger partial charge on any atom is 0.317 e. The number of Topliss-reactive ketones (excluding diaryl/α,β-unsaturated/α-hetero) is 1. The monoisotopic (exact) mass is 581 g/mol. The standard InChI is InChI=1S/C33H47NO6Si/c1-23(2)41(24(3)4,25(5)6)40-29(36)20-12-7-8-15-21-33(38)22-27(30(37)31-32(33)39-31)34-28(35)19-14-13-18-26-16-10-9-11-17-26/h7-8,12-15,18-26,31-32,38H,9-11,16-17H2,1-6H3,(H,34,35)/b8-7+,18-13+,19-14+,20-12+,21-15+/t31-,32-,33+/m0/s1. The molecule has 3 atom stereocenters. The summed E-state index contributed by atoms with van der Waals surface area (Å²) in [5, 5.41) is 13.7. The number of carbonyl (C=O) groups is 3. The molecule has 8 heteroatoms. The number of epoxide rings is 1. The van der Waals surface area contributed by atoms with E-state index in [1.54, 1.807) is 30.4 Å². The van der Waals surface area contributed by atoms with E-state index in [0.717, 1.165) is 0 Å². The fourth-order valence-corrected chi connectivity index (χ4v) is 11.5. The Morgan fingerprint density at radius 2 is 1.56 bits per heavy atom. The smallest absolute Gasteiger partial charge is 0.317 e. The van der Waals surface area contributed by atoms with Crippen LogP contribution in [-0.2, 0) is 23.5 Å². The predicted molar refractivity (Wildman–Crippen MR) is 164 cm³/mol. The van der Waals surface area contributed by atoms with Gasteiger partial charge in [0.2, 0.25) is 11.7 Å². The molecule has 2 aliphatic carbocycles. The van der Waals surface area contributed by atoms with Gasteiger partial charge in [0.15, 0.2) is 6.10 Å². The van der Waals surface area contributed by atoms with E-state index in [1.807, 2.05) is 6.08 Å². The number of rotatable bonds is 12. The van der Waals surface area contributed by atoms with Gasteiger partial charge in [0.1, 0.15) is 11.7 Å². The molecule has 7 nitrogen and oxygen atoms in total. The van der Waals surface area contributed by atoms with Gasteiger partial charge in [0, 0.05) is 12.2 Å². The summed E-state index contributed by atoms with van der Waals surface area (Å²) < 4.78 is 11.5. The molecule has 0 radical (unpaired) electrons. The third kappa shape index (κ3) is 8.37. The molecule has 1 saturated carbocycles. The molecule has 1 amide bonds. The zero-order valence-corrected chi connectivity index (χ0v) is 26.3. The number of amides is 1. The number of carbonyl (C=O) groups excluding carboxylic acids is 3. The van der Waals surface area contributed by atoms with E-state index >= 15 is 0 Å². The van der Waals surface area contributed by atoms with Crippen LogP contribution < -0.4 is 5.32 Å². The first-order chi connectivity index (χ1) is 19.4. The van der Waals surface area contributed by atoms with E-state index in [9.17, 15) is 19.5 Å². The first-order valence-corrected chi connectivity index (χ1v) is 17.1.